The van der Waals surface area contributed by atoms with E-state index in [-0.39, 0.29) is 18.5 Å². The van der Waals surface area contributed by atoms with Crippen LogP contribution in [-0.4, -0.2) is 58.6 Å². The summed E-state index contributed by atoms with van der Waals surface area (Å²) in [6, 6.07) is 7.74. The summed E-state index contributed by atoms with van der Waals surface area (Å²) in [6.07, 6.45) is 3.75. The van der Waals surface area contributed by atoms with E-state index in [9.17, 15) is 9.18 Å². The molecule has 0 spiro atoms. The van der Waals surface area contributed by atoms with E-state index in [0.29, 0.717) is 31.4 Å². The summed E-state index contributed by atoms with van der Waals surface area (Å²) < 4.78 is 15.0. The summed E-state index contributed by atoms with van der Waals surface area (Å²) in [4.78, 5) is 14.5. The molecule has 1 saturated heterocycles. The van der Waals surface area contributed by atoms with Crippen LogP contribution < -0.4 is 10.6 Å². The third kappa shape index (κ3) is 5.77. The number of β-amino-alcohol motifs (C(OH)–C–C–N with tert-alkyl or cyclic N) is 1. The van der Waals surface area contributed by atoms with Crippen LogP contribution in [-0.2, 0) is 6.54 Å². The summed E-state index contributed by atoms with van der Waals surface area (Å²) in [6.45, 7) is 3.70. The molecule has 0 aliphatic carbocycles. The monoisotopic (exact) mass is 375 g/mol. The number of aliphatic hydroxyl groups is 1. The third-order valence-electron chi connectivity index (χ3n) is 4.75. The number of hydrogen-bond acceptors (Lipinski definition) is 4. The highest BCUT2D eigenvalue weighted by atomic mass is 19.1. The lowest BCUT2D eigenvalue weighted by atomic mass is 9.98. The molecule has 7 nitrogen and oxygen atoms in total. The lowest BCUT2D eigenvalue weighted by Gasteiger charge is -2.32. The van der Waals surface area contributed by atoms with E-state index < -0.39 is 0 Å². The van der Waals surface area contributed by atoms with Gasteiger partial charge in [0.05, 0.1) is 19.3 Å². The van der Waals surface area contributed by atoms with Gasteiger partial charge in [0, 0.05) is 25.7 Å². The SMILES string of the molecule is O=C(NCC1CCCN(CCO)C1)Nc1ccnn1Cc1cccc(F)c1. The first-order chi connectivity index (χ1) is 13.1. The van der Waals surface area contributed by atoms with Crippen LogP contribution in [0, 0.1) is 11.7 Å². The van der Waals surface area contributed by atoms with E-state index in [1.54, 1.807) is 23.0 Å². The van der Waals surface area contributed by atoms with E-state index in [2.05, 4.69) is 20.6 Å². The van der Waals surface area contributed by atoms with E-state index in [0.717, 1.165) is 31.5 Å². The second-order valence-electron chi connectivity index (χ2n) is 6.87. The Kier molecular flexibility index (Phi) is 6.78. The minimum atomic E-state index is -0.297. The molecule has 2 aromatic rings. The van der Waals surface area contributed by atoms with Gasteiger partial charge < -0.3 is 15.3 Å². The molecule has 1 atom stereocenters. The molecule has 0 saturated carbocycles. The Morgan fingerprint density at radius 2 is 2.26 bits per heavy atom. The lowest BCUT2D eigenvalue weighted by molar-refractivity contribution is 0.139. The molecule has 1 aromatic heterocycles. The number of nitrogens with one attached hydrogen (secondary N) is 2. The van der Waals surface area contributed by atoms with E-state index in [4.69, 9.17) is 5.11 Å². The number of rotatable bonds is 7. The second-order valence-corrected chi connectivity index (χ2v) is 6.87. The highest BCUT2D eigenvalue weighted by Gasteiger charge is 2.20. The molecule has 3 rings (SSSR count). The van der Waals surface area contributed by atoms with Crippen LogP contribution in [0.5, 0.6) is 0 Å². The van der Waals surface area contributed by atoms with E-state index in [1.807, 2.05) is 6.07 Å². The normalized spacial score (nSPS) is 17.6. The van der Waals surface area contributed by atoms with Crippen LogP contribution in [0.25, 0.3) is 0 Å². The summed E-state index contributed by atoms with van der Waals surface area (Å²) in [5, 5.41) is 19.0. The summed E-state index contributed by atoms with van der Waals surface area (Å²) in [5.41, 5.74) is 0.772. The number of aliphatic hydroxyl groups excluding tert-OH is 1. The number of piperidine rings is 1. The molecule has 27 heavy (non-hydrogen) atoms. The smallest absolute Gasteiger partial charge is 0.320 e. The molecule has 2 heterocycles. The van der Waals surface area contributed by atoms with Crippen LogP contribution in [0.15, 0.2) is 36.5 Å². The number of likely N-dealkylation sites (tertiary alicyclic amines) is 1. The molecule has 0 radical (unpaired) electrons. The third-order valence-corrected chi connectivity index (χ3v) is 4.75. The molecule has 1 aliphatic heterocycles. The van der Waals surface area contributed by atoms with Crippen molar-refractivity contribution in [3.8, 4) is 0 Å². The zero-order chi connectivity index (χ0) is 19.1. The molecule has 1 fully saturated rings. The van der Waals surface area contributed by atoms with Crippen molar-refractivity contribution in [3.63, 3.8) is 0 Å². The molecular formula is C19H26FN5O2. The van der Waals surface area contributed by atoms with Crippen molar-refractivity contribution >= 4 is 11.8 Å². The Hall–Kier alpha value is -2.45. The number of halogens is 1. The predicted octanol–water partition coefficient (Wildman–Crippen LogP) is 1.90. The highest BCUT2D eigenvalue weighted by molar-refractivity contribution is 5.88. The molecule has 8 heteroatoms. The Labute approximate surface area is 158 Å². The largest absolute Gasteiger partial charge is 0.395 e. The predicted molar refractivity (Wildman–Crippen MR) is 101 cm³/mol. The van der Waals surface area contributed by atoms with Gasteiger partial charge in [0.1, 0.15) is 11.6 Å². The number of benzene rings is 1. The van der Waals surface area contributed by atoms with E-state index >= 15 is 0 Å². The molecule has 1 aliphatic rings. The number of aromatic nitrogens is 2. The van der Waals surface area contributed by atoms with Gasteiger partial charge in [0.25, 0.3) is 0 Å². The summed E-state index contributed by atoms with van der Waals surface area (Å²) >= 11 is 0. The highest BCUT2D eigenvalue weighted by Crippen LogP contribution is 2.15. The number of carbonyl (C=O) groups is 1. The topological polar surface area (TPSA) is 82.4 Å². The molecule has 0 bridgehead atoms. The molecule has 146 valence electrons. The lowest BCUT2D eigenvalue weighted by Crippen LogP contribution is -2.42. The number of amides is 2. The molecular weight excluding hydrogens is 349 g/mol. The van der Waals surface area contributed by atoms with Crippen molar-refractivity contribution in [1.29, 1.82) is 0 Å². The minimum Gasteiger partial charge on any atom is -0.395 e. The van der Waals surface area contributed by atoms with Gasteiger partial charge in [-0.15, -0.1) is 0 Å². The first-order valence-corrected chi connectivity index (χ1v) is 9.28. The first-order valence-electron chi connectivity index (χ1n) is 9.28. The average molecular weight is 375 g/mol. The van der Waals surface area contributed by atoms with Crippen LogP contribution in [0.2, 0.25) is 0 Å². The van der Waals surface area contributed by atoms with Crippen molar-refractivity contribution in [2.24, 2.45) is 5.92 Å². The van der Waals surface area contributed by atoms with Crippen molar-refractivity contribution < 1.29 is 14.3 Å². The fourth-order valence-corrected chi connectivity index (χ4v) is 3.43. The zero-order valence-electron chi connectivity index (χ0n) is 15.3. The summed E-state index contributed by atoms with van der Waals surface area (Å²) in [5.74, 6) is 0.644. The van der Waals surface area contributed by atoms with Crippen molar-refractivity contribution in [1.82, 2.24) is 20.0 Å². The van der Waals surface area contributed by atoms with Gasteiger partial charge in [-0.2, -0.15) is 5.10 Å². The van der Waals surface area contributed by atoms with Crippen LogP contribution in [0.4, 0.5) is 15.0 Å². The Bertz CT molecular complexity index is 749. The fourth-order valence-electron chi connectivity index (χ4n) is 3.43. The summed E-state index contributed by atoms with van der Waals surface area (Å²) in [7, 11) is 0. The van der Waals surface area contributed by atoms with Gasteiger partial charge in [-0.05, 0) is 43.0 Å². The maximum atomic E-state index is 13.3. The quantitative estimate of drug-likeness (QED) is 0.690. The van der Waals surface area contributed by atoms with Gasteiger partial charge in [0.2, 0.25) is 0 Å². The van der Waals surface area contributed by atoms with Gasteiger partial charge in [0.15, 0.2) is 0 Å². The Morgan fingerprint density at radius 1 is 1.37 bits per heavy atom. The average Bonchev–Trinajstić information content (AvgIpc) is 3.07. The molecule has 1 aromatic carbocycles. The molecule has 3 N–H and O–H groups in total. The number of anilines is 1. The van der Waals surface area contributed by atoms with Crippen LogP contribution >= 0.6 is 0 Å². The first kappa shape index (κ1) is 19.3. The number of hydrogen-bond donors (Lipinski definition) is 3. The van der Waals surface area contributed by atoms with Gasteiger partial charge in [-0.3, -0.25) is 5.32 Å². The fraction of sp³-hybridized carbons (Fsp3) is 0.474. The van der Waals surface area contributed by atoms with Gasteiger partial charge in [-0.25, -0.2) is 13.9 Å². The van der Waals surface area contributed by atoms with Gasteiger partial charge >= 0.3 is 6.03 Å². The minimum absolute atomic E-state index is 0.163. The van der Waals surface area contributed by atoms with Crippen molar-refractivity contribution in [2.75, 3.05) is 38.1 Å². The van der Waals surface area contributed by atoms with Crippen LogP contribution in [0.3, 0.4) is 0 Å². The Morgan fingerprint density at radius 3 is 3.07 bits per heavy atom. The maximum absolute atomic E-state index is 13.3. The zero-order valence-corrected chi connectivity index (χ0v) is 15.3. The molecule has 1 unspecified atom stereocenters. The van der Waals surface area contributed by atoms with Crippen LogP contribution in [0.1, 0.15) is 18.4 Å². The van der Waals surface area contributed by atoms with E-state index in [1.165, 1.54) is 12.1 Å². The number of urea groups is 1. The number of carbonyl (C=O) groups excluding carboxylic acids is 1. The Balaban J connectivity index is 1.49. The van der Waals surface area contributed by atoms with Gasteiger partial charge in [-0.1, -0.05) is 12.1 Å². The molecule has 2 amide bonds. The maximum Gasteiger partial charge on any atom is 0.320 e. The standard InChI is InChI=1S/C19H26FN5O2/c20-17-5-1-3-15(11-17)14-25-18(6-7-22-25)23-19(27)21-12-16-4-2-8-24(13-16)9-10-26/h1,3,5-7,11,16,26H,2,4,8-10,12-14H2,(H2,21,23,27). The van der Waals surface area contributed by atoms with Crippen molar-refractivity contribution in [3.05, 3.63) is 47.9 Å². The second kappa shape index (κ2) is 9.48. The van der Waals surface area contributed by atoms with Crippen molar-refractivity contribution in [2.45, 2.75) is 19.4 Å². The number of nitrogens with zero attached hydrogens (tertiary/aromatic N) is 3.